The zero-order valence-electron chi connectivity index (χ0n) is 6.06. The molecule has 0 amide bonds. The molecule has 2 aromatic rings. The summed E-state index contributed by atoms with van der Waals surface area (Å²) in [5.74, 6) is 0.788. The maximum atomic E-state index is 5.22. The van der Waals surface area contributed by atoms with Crippen molar-refractivity contribution in [2.24, 2.45) is 0 Å². The van der Waals surface area contributed by atoms with E-state index in [-0.39, 0.29) is 0 Å². The van der Waals surface area contributed by atoms with E-state index in [9.17, 15) is 0 Å². The minimum Gasteiger partial charge on any atom is -0.427 e. The molecule has 4 nitrogen and oxygen atoms in total. The molecule has 4 heteroatoms. The molecule has 0 saturated carbocycles. The third-order valence-corrected chi connectivity index (χ3v) is 1.31. The first-order valence-corrected chi connectivity index (χ1v) is 3.29. The zero-order valence-corrected chi connectivity index (χ0v) is 6.06. The lowest BCUT2D eigenvalue weighted by molar-refractivity contribution is 0.487. The van der Waals surface area contributed by atoms with Crippen molar-refractivity contribution in [1.29, 1.82) is 0 Å². The second kappa shape index (κ2) is 2.23. The molecule has 2 aromatic heterocycles. The van der Waals surface area contributed by atoms with Crippen LogP contribution < -0.4 is 0 Å². The molecule has 0 aliphatic heterocycles. The Labute approximate surface area is 63.5 Å². The van der Waals surface area contributed by atoms with Gasteiger partial charge in [0, 0.05) is 12.4 Å². The number of aromatic nitrogens is 3. The van der Waals surface area contributed by atoms with Gasteiger partial charge in [-0.3, -0.25) is 0 Å². The minimum absolute atomic E-state index is 0.507. The molecule has 11 heavy (non-hydrogen) atoms. The lowest BCUT2D eigenvalue weighted by Gasteiger charge is -1.89. The Morgan fingerprint density at radius 1 is 1.55 bits per heavy atom. The van der Waals surface area contributed by atoms with Gasteiger partial charge in [0.25, 0.3) is 0 Å². The second-order valence-electron chi connectivity index (χ2n) is 2.20. The first-order chi connectivity index (χ1) is 5.36. The van der Waals surface area contributed by atoms with E-state index in [0.717, 1.165) is 5.76 Å². The summed E-state index contributed by atoms with van der Waals surface area (Å²) in [7, 11) is 0. The van der Waals surface area contributed by atoms with Crippen molar-refractivity contribution in [3.63, 3.8) is 0 Å². The van der Waals surface area contributed by atoms with E-state index in [1.54, 1.807) is 23.3 Å². The third kappa shape index (κ3) is 1.02. The predicted molar refractivity (Wildman–Crippen MR) is 38.4 cm³/mol. The van der Waals surface area contributed by atoms with Crippen molar-refractivity contribution in [2.45, 2.75) is 6.92 Å². The fraction of sp³-hybridized carbons (Fsp3) is 0.143. The summed E-state index contributed by atoms with van der Waals surface area (Å²) < 4.78 is 6.79. The average molecular weight is 149 g/mol. The lowest BCUT2D eigenvalue weighted by atomic mass is 10.6. The second-order valence-corrected chi connectivity index (χ2v) is 2.20. The Morgan fingerprint density at radius 3 is 3.00 bits per heavy atom. The summed E-state index contributed by atoms with van der Waals surface area (Å²) >= 11 is 0. The first kappa shape index (κ1) is 6.15. The van der Waals surface area contributed by atoms with Gasteiger partial charge in [-0.2, -0.15) is 14.8 Å². The molecule has 0 aliphatic carbocycles. The standard InChI is InChI=1S/C7H7N3O/c1-6-5-8-7(11-6)10-4-2-3-9-10/h2-5H,1H3. The van der Waals surface area contributed by atoms with Crippen molar-refractivity contribution < 1.29 is 4.42 Å². The number of rotatable bonds is 1. The molecular weight excluding hydrogens is 142 g/mol. The number of oxazole rings is 1. The fourth-order valence-electron chi connectivity index (χ4n) is 0.831. The quantitative estimate of drug-likeness (QED) is 0.611. The fourth-order valence-corrected chi connectivity index (χ4v) is 0.831. The molecule has 0 unspecified atom stereocenters. The van der Waals surface area contributed by atoms with Gasteiger partial charge in [0.2, 0.25) is 0 Å². The molecule has 0 aliphatic rings. The van der Waals surface area contributed by atoms with E-state index in [4.69, 9.17) is 4.42 Å². The maximum absolute atomic E-state index is 5.22. The highest BCUT2D eigenvalue weighted by Gasteiger charge is 2.00. The van der Waals surface area contributed by atoms with Crippen molar-refractivity contribution in [3.05, 3.63) is 30.4 Å². The van der Waals surface area contributed by atoms with E-state index in [0.29, 0.717) is 6.01 Å². The van der Waals surface area contributed by atoms with E-state index in [2.05, 4.69) is 10.1 Å². The molecule has 2 rings (SSSR count). The van der Waals surface area contributed by atoms with Crippen LogP contribution in [0.1, 0.15) is 5.76 Å². The number of nitrogens with zero attached hydrogens (tertiary/aromatic N) is 3. The summed E-state index contributed by atoms with van der Waals surface area (Å²) in [5.41, 5.74) is 0. The van der Waals surface area contributed by atoms with E-state index < -0.39 is 0 Å². The average Bonchev–Trinajstić information content (AvgIpc) is 2.55. The van der Waals surface area contributed by atoms with Gasteiger partial charge < -0.3 is 4.42 Å². The molecule has 56 valence electrons. The van der Waals surface area contributed by atoms with E-state index in [1.807, 2.05) is 13.0 Å². The topological polar surface area (TPSA) is 43.9 Å². The van der Waals surface area contributed by atoms with Crippen LogP contribution in [-0.2, 0) is 0 Å². The molecule has 0 radical (unpaired) electrons. The Bertz CT molecular complexity index is 336. The highest BCUT2D eigenvalue weighted by atomic mass is 16.4. The summed E-state index contributed by atoms with van der Waals surface area (Å²) in [5, 5.41) is 3.96. The first-order valence-electron chi connectivity index (χ1n) is 3.29. The molecule has 0 saturated heterocycles. The van der Waals surface area contributed by atoms with E-state index >= 15 is 0 Å². The van der Waals surface area contributed by atoms with Gasteiger partial charge in [-0.05, 0) is 13.0 Å². The monoisotopic (exact) mass is 149 g/mol. The molecule has 0 fully saturated rings. The van der Waals surface area contributed by atoms with Crippen molar-refractivity contribution in [2.75, 3.05) is 0 Å². The van der Waals surface area contributed by atoms with Crippen LogP contribution in [0, 0.1) is 6.92 Å². The highest BCUT2D eigenvalue weighted by molar-refractivity contribution is 5.05. The Kier molecular flexibility index (Phi) is 1.25. The maximum Gasteiger partial charge on any atom is 0.322 e. The van der Waals surface area contributed by atoms with Gasteiger partial charge in [0.05, 0.1) is 6.20 Å². The molecule has 0 N–H and O–H groups in total. The van der Waals surface area contributed by atoms with E-state index in [1.165, 1.54) is 0 Å². The summed E-state index contributed by atoms with van der Waals surface area (Å²) in [6.07, 6.45) is 5.13. The van der Waals surface area contributed by atoms with Crippen LogP contribution in [0.15, 0.2) is 29.1 Å². The van der Waals surface area contributed by atoms with Crippen LogP contribution >= 0.6 is 0 Å². The van der Waals surface area contributed by atoms with Crippen LogP contribution in [0.4, 0.5) is 0 Å². The summed E-state index contributed by atoms with van der Waals surface area (Å²) in [6.45, 7) is 1.85. The zero-order chi connectivity index (χ0) is 7.68. The van der Waals surface area contributed by atoms with Crippen LogP contribution in [0.3, 0.4) is 0 Å². The largest absolute Gasteiger partial charge is 0.427 e. The molecule has 2 heterocycles. The molecule has 0 atom stereocenters. The highest BCUT2D eigenvalue weighted by Crippen LogP contribution is 2.05. The Balaban J connectivity index is 2.45. The van der Waals surface area contributed by atoms with Crippen molar-refractivity contribution >= 4 is 0 Å². The van der Waals surface area contributed by atoms with Gasteiger partial charge in [-0.25, -0.2) is 0 Å². The number of hydrogen-bond donors (Lipinski definition) is 0. The van der Waals surface area contributed by atoms with Gasteiger partial charge in [0.15, 0.2) is 0 Å². The van der Waals surface area contributed by atoms with Gasteiger partial charge >= 0.3 is 6.01 Å². The third-order valence-electron chi connectivity index (χ3n) is 1.31. The minimum atomic E-state index is 0.507. The van der Waals surface area contributed by atoms with Gasteiger partial charge in [0.1, 0.15) is 5.76 Å². The predicted octanol–water partition coefficient (Wildman–Crippen LogP) is 1.17. The van der Waals surface area contributed by atoms with Crippen LogP contribution in [0.5, 0.6) is 0 Å². The molecule has 0 aromatic carbocycles. The molecule has 0 spiro atoms. The Hall–Kier alpha value is -1.58. The van der Waals surface area contributed by atoms with Crippen LogP contribution in [-0.4, -0.2) is 14.8 Å². The molecule has 0 bridgehead atoms. The van der Waals surface area contributed by atoms with Gasteiger partial charge in [-0.1, -0.05) is 0 Å². The summed E-state index contributed by atoms with van der Waals surface area (Å²) in [4.78, 5) is 3.99. The SMILES string of the molecule is Cc1cnc(-n2cccn2)o1. The summed E-state index contributed by atoms with van der Waals surface area (Å²) in [6, 6.07) is 2.33. The normalized spacial score (nSPS) is 10.3. The number of aryl methyl sites for hydroxylation is 1. The van der Waals surface area contributed by atoms with Crippen LogP contribution in [0.2, 0.25) is 0 Å². The van der Waals surface area contributed by atoms with Crippen LogP contribution in [0.25, 0.3) is 6.01 Å². The van der Waals surface area contributed by atoms with Gasteiger partial charge in [-0.15, -0.1) is 0 Å². The molecular formula is C7H7N3O. The number of hydrogen-bond acceptors (Lipinski definition) is 3. The Morgan fingerprint density at radius 2 is 2.45 bits per heavy atom. The van der Waals surface area contributed by atoms with Crippen molar-refractivity contribution in [1.82, 2.24) is 14.8 Å². The lowest BCUT2D eigenvalue weighted by Crippen LogP contribution is -1.92. The smallest absolute Gasteiger partial charge is 0.322 e. The van der Waals surface area contributed by atoms with Crippen molar-refractivity contribution in [3.8, 4) is 6.01 Å².